The first-order chi connectivity index (χ1) is 4.13. The molecular formula is C5H7ClO3. The Kier molecular flexibility index (Phi) is 4.09. The Morgan fingerprint density at radius 3 is 2.67 bits per heavy atom. The molecule has 0 rings (SSSR count). The molecule has 52 valence electrons. The topological polar surface area (TPSA) is 57.5 Å². The molecule has 0 aliphatic heterocycles. The van der Waals surface area contributed by atoms with Crippen molar-refractivity contribution in [3.05, 3.63) is 12.2 Å². The number of rotatable bonds is 3. The zero-order chi connectivity index (χ0) is 7.28. The van der Waals surface area contributed by atoms with Gasteiger partial charge < -0.3 is 10.2 Å². The Morgan fingerprint density at radius 2 is 2.33 bits per heavy atom. The minimum Gasteiger partial charge on any atom is -0.478 e. The van der Waals surface area contributed by atoms with Crippen LogP contribution in [-0.2, 0) is 4.79 Å². The van der Waals surface area contributed by atoms with Gasteiger partial charge >= 0.3 is 5.97 Å². The molecule has 1 atom stereocenters. The second-order valence-electron chi connectivity index (χ2n) is 1.41. The van der Waals surface area contributed by atoms with Gasteiger partial charge in [-0.2, -0.15) is 0 Å². The van der Waals surface area contributed by atoms with E-state index in [1.54, 1.807) is 0 Å². The lowest BCUT2D eigenvalue weighted by atomic mass is 10.4. The van der Waals surface area contributed by atoms with Gasteiger partial charge in [0, 0.05) is 12.5 Å². The highest BCUT2D eigenvalue weighted by molar-refractivity contribution is 6.19. The van der Waals surface area contributed by atoms with E-state index in [1.165, 1.54) is 6.08 Å². The van der Waals surface area contributed by atoms with Crippen molar-refractivity contribution in [3.63, 3.8) is 0 Å². The van der Waals surface area contributed by atoms with Gasteiger partial charge in [0.05, 0.1) is 0 Å². The summed E-state index contributed by atoms with van der Waals surface area (Å²) < 4.78 is 0. The second-order valence-corrected chi connectivity index (χ2v) is 1.91. The van der Waals surface area contributed by atoms with Gasteiger partial charge in [0.2, 0.25) is 0 Å². The van der Waals surface area contributed by atoms with Crippen LogP contribution < -0.4 is 0 Å². The average Bonchev–Trinajstić information content (AvgIpc) is 1.63. The molecule has 0 heterocycles. The molecule has 4 heteroatoms. The SMILES string of the molecule is O=C(O)C=CCC(O)Cl. The van der Waals surface area contributed by atoms with Gasteiger partial charge in [0.25, 0.3) is 0 Å². The van der Waals surface area contributed by atoms with Crippen molar-refractivity contribution < 1.29 is 15.0 Å². The molecule has 2 N–H and O–H groups in total. The quantitative estimate of drug-likeness (QED) is 0.457. The third-order valence-corrected chi connectivity index (χ3v) is 0.769. The molecule has 9 heavy (non-hydrogen) atoms. The predicted molar refractivity (Wildman–Crippen MR) is 33.3 cm³/mol. The molecule has 0 fully saturated rings. The molecular weight excluding hydrogens is 144 g/mol. The maximum atomic E-state index is 9.77. The number of carbonyl (C=O) groups is 1. The highest BCUT2D eigenvalue weighted by atomic mass is 35.5. The smallest absolute Gasteiger partial charge is 0.327 e. The van der Waals surface area contributed by atoms with Gasteiger partial charge in [-0.3, -0.25) is 0 Å². The Balaban J connectivity index is 3.36. The molecule has 0 aliphatic rings. The van der Waals surface area contributed by atoms with Crippen molar-refractivity contribution in [2.75, 3.05) is 0 Å². The largest absolute Gasteiger partial charge is 0.478 e. The maximum absolute atomic E-state index is 9.77. The van der Waals surface area contributed by atoms with Crippen LogP contribution in [0.3, 0.4) is 0 Å². The summed E-state index contributed by atoms with van der Waals surface area (Å²) in [6.45, 7) is 0. The number of hydrogen-bond donors (Lipinski definition) is 2. The Morgan fingerprint density at radius 1 is 1.78 bits per heavy atom. The Bertz CT molecular complexity index is 119. The van der Waals surface area contributed by atoms with E-state index in [9.17, 15) is 4.79 Å². The van der Waals surface area contributed by atoms with E-state index in [4.69, 9.17) is 21.8 Å². The first-order valence-corrected chi connectivity index (χ1v) is 2.78. The fraction of sp³-hybridized carbons (Fsp3) is 0.400. The second kappa shape index (κ2) is 4.35. The summed E-state index contributed by atoms with van der Waals surface area (Å²) in [4.78, 5) is 9.77. The standard InChI is InChI=1S/C5H7ClO3/c6-4(7)2-1-3-5(8)9/h1,3-4,7H,2H2,(H,8,9). The van der Waals surface area contributed by atoms with Crippen molar-refractivity contribution in [1.29, 1.82) is 0 Å². The van der Waals surface area contributed by atoms with Crippen LogP contribution in [0.15, 0.2) is 12.2 Å². The minimum atomic E-state index is -1.03. The van der Waals surface area contributed by atoms with Gasteiger partial charge in [-0.05, 0) is 0 Å². The zero-order valence-corrected chi connectivity index (χ0v) is 5.38. The number of hydrogen-bond acceptors (Lipinski definition) is 2. The monoisotopic (exact) mass is 150 g/mol. The fourth-order valence-electron chi connectivity index (χ4n) is 0.281. The number of halogens is 1. The van der Waals surface area contributed by atoms with Crippen LogP contribution in [0.5, 0.6) is 0 Å². The molecule has 0 aromatic rings. The molecule has 0 saturated heterocycles. The van der Waals surface area contributed by atoms with E-state index in [0.29, 0.717) is 0 Å². The number of aliphatic hydroxyl groups is 1. The summed E-state index contributed by atoms with van der Waals surface area (Å²) in [6.07, 6.45) is 2.39. The van der Waals surface area contributed by atoms with Crippen molar-refractivity contribution in [2.24, 2.45) is 0 Å². The van der Waals surface area contributed by atoms with E-state index >= 15 is 0 Å². The van der Waals surface area contributed by atoms with Crippen molar-refractivity contribution in [3.8, 4) is 0 Å². The predicted octanol–water partition coefficient (Wildman–Crippen LogP) is 0.575. The summed E-state index contributed by atoms with van der Waals surface area (Å²) in [6, 6.07) is 0. The number of alkyl halides is 1. The average molecular weight is 151 g/mol. The summed E-state index contributed by atoms with van der Waals surface area (Å²) in [5, 5.41) is 16.4. The first-order valence-electron chi connectivity index (χ1n) is 2.34. The molecule has 0 aromatic heterocycles. The molecule has 1 unspecified atom stereocenters. The van der Waals surface area contributed by atoms with Gasteiger partial charge in [-0.1, -0.05) is 17.7 Å². The molecule has 0 bridgehead atoms. The number of aliphatic hydroxyl groups excluding tert-OH is 1. The zero-order valence-electron chi connectivity index (χ0n) is 4.62. The van der Waals surface area contributed by atoms with Gasteiger partial charge in [-0.25, -0.2) is 4.79 Å². The molecule has 0 radical (unpaired) electrons. The molecule has 0 spiro atoms. The minimum absolute atomic E-state index is 0.161. The van der Waals surface area contributed by atoms with Crippen molar-refractivity contribution >= 4 is 17.6 Å². The van der Waals surface area contributed by atoms with Gasteiger partial charge in [0.15, 0.2) is 0 Å². The molecule has 0 aliphatic carbocycles. The van der Waals surface area contributed by atoms with Crippen LogP contribution >= 0.6 is 11.6 Å². The summed E-state index contributed by atoms with van der Waals surface area (Å²) in [7, 11) is 0. The summed E-state index contributed by atoms with van der Waals surface area (Å²) in [5.41, 5.74) is -0.986. The fourth-order valence-corrected chi connectivity index (χ4v) is 0.384. The van der Waals surface area contributed by atoms with Crippen LogP contribution in [0.2, 0.25) is 0 Å². The van der Waals surface area contributed by atoms with E-state index in [-0.39, 0.29) is 6.42 Å². The third kappa shape index (κ3) is 7.46. The molecule has 0 aromatic carbocycles. The van der Waals surface area contributed by atoms with Crippen LogP contribution in [0.25, 0.3) is 0 Å². The van der Waals surface area contributed by atoms with Crippen LogP contribution in [-0.4, -0.2) is 21.7 Å². The van der Waals surface area contributed by atoms with Crippen LogP contribution in [0.1, 0.15) is 6.42 Å². The summed E-state index contributed by atoms with van der Waals surface area (Å²) in [5.74, 6) is -1.03. The number of aliphatic carboxylic acids is 1. The van der Waals surface area contributed by atoms with Crippen LogP contribution in [0.4, 0.5) is 0 Å². The lowest BCUT2D eigenvalue weighted by Crippen LogP contribution is -1.93. The van der Waals surface area contributed by atoms with E-state index in [1.807, 2.05) is 0 Å². The molecule has 0 saturated carbocycles. The lowest BCUT2D eigenvalue weighted by molar-refractivity contribution is -0.131. The maximum Gasteiger partial charge on any atom is 0.327 e. The first kappa shape index (κ1) is 8.46. The van der Waals surface area contributed by atoms with Gasteiger partial charge in [0.1, 0.15) is 5.56 Å². The highest BCUT2D eigenvalue weighted by Crippen LogP contribution is 1.96. The molecule has 3 nitrogen and oxygen atoms in total. The normalized spacial score (nSPS) is 14.0. The Labute approximate surface area is 57.6 Å². The van der Waals surface area contributed by atoms with Crippen molar-refractivity contribution in [2.45, 2.75) is 12.0 Å². The van der Waals surface area contributed by atoms with Crippen LogP contribution in [0, 0.1) is 0 Å². The highest BCUT2D eigenvalue weighted by Gasteiger charge is 1.92. The Hall–Kier alpha value is -0.540. The van der Waals surface area contributed by atoms with E-state index in [2.05, 4.69) is 0 Å². The van der Waals surface area contributed by atoms with Crippen molar-refractivity contribution in [1.82, 2.24) is 0 Å². The third-order valence-electron chi connectivity index (χ3n) is 0.591. The van der Waals surface area contributed by atoms with E-state index in [0.717, 1.165) is 6.08 Å². The lowest BCUT2D eigenvalue weighted by Gasteiger charge is -1.91. The summed E-state index contributed by atoms with van der Waals surface area (Å²) >= 11 is 5.07. The van der Waals surface area contributed by atoms with Gasteiger partial charge in [-0.15, -0.1) is 0 Å². The molecule has 0 amide bonds. The number of carboxylic acids is 1. The number of carboxylic acid groups (broad SMARTS) is 1. The van der Waals surface area contributed by atoms with E-state index < -0.39 is 11.5 Å².